The van der Waals surface area contributed by atoms with Gasteiger partial charge in [0.25, 0.3) is 21.6 Å². The van der Waals surface area contributed by atoms with Crippen LogP contribution in [-0.4, -0.2) is 96.6 Å². The van der Waals surface area contributed by atoms with E-state index >= 15 is 0 Å². The summed E-state index contributed by atoms with van der Waals surface area (Å²) < 4.78 is 31.6. The predicted molar refractivity (Wildman–Crippen MR) is 244 cm³/mol. The van der Waals surface area contributed by atoms with E-state index in [2.05, 4.69) is 54.6 Å². The molecule has 0 saturated carbocycles. The first kappa shape index (κ1) is 42.5. The summed E-state index contributed by atoms with van der Waals surface area (Å²) in [5, 5.41) is 17.3. The van der Waals surface area contributed by atoms with Gasteiger partial charge >= 0.3 is 0 Å². The molecular formula is C46H48ClN7O5S2. The fourth-order valence-corrected chi connectivity index (χ4v) is 10.2. The standard InChI is InChI=1S/C46H48ClN7O5S2/c1-50-21-23-51(24-22-50)20-19-38(32-60-40-8-3-2-4-9-40)48-43-17-16-41(29-45(43)54(56)57)61(58,59)49-46(55)34-13-18-44-36(27-34)28-39-31-52(25-26-53(39)44)30-35-7-5-6-10-42(35)33-11-14-37(47)15-12-33/h2-18,27-29,38,48H,19-26,30-32H2,1H3,(H,49,55). The number of anilines is 1. The molecule has 61 heavy (non-hydrogen) atoms. The van der Waals surface area contributed by atoms with Gasteiger partial charge in [-0.25, -0.2) is 13.1 Å². The van der Waals surface area contributed by atoms with Crippen LogP contribution in [0.4, 0.5) is 11.4 Å². The van der Waals surface area contributed by atoms with Crippen LogP contribution in [0.1, 0.15) is 28.0 Å². The Morgan fingerprint density at radius 3 is 2.36 bits per heavy atom. The Morgan fingerprint density at radius 1 is 0.852 bits per heavy atom. The number of benzene rings is 5. The highest BCUT2D eigenvalue weighted by Gasteiger charge is 2.27. The van der Waals surface area contributed by atoms with Crippen LogP contribution in [-0.2, 0) is 29.7 Å². The number of nitrogens with one attached hydrogen (secondary N) is 2. The van der Waals surface area contributed by atoms with E-state index in [1.807, 2.05) is 72.8 Å². The van der Waals surface area contributed by atoms with Crippen molar-refractivity contribution in [3.05, 3.63) is 153 Å². The van der Waals surface area contributed by atoms with Gasteiger partial charge in [0, 0.05) is 109 Å². The first-order chi connectivity index (χ1) is 29.5. The highest BCUT2D eigenvalue weighted by atomic mass is 35.5. The Balaban J connectivity index is 0.946. The lowest BCUT2D eigenvalue weighted by atomic mass is 9.99. The van der Waals surface area contributed by atoms with Gasteiger partial charge < -0.3 is 19.7 Å². The number of nitro benzene ring substituents is 1. The van der Waals surface area contributed by atoms with Gasteiger partial charge in [-0.2, -0.15) is 0 Å². The van der Waals surface area contributed by atoms with Crippen LogP contribution < -0.4 is 10.0 Å². The third kappa shape index (κ3) is 10.3. The molecule has 15 heteroatoms. The third-order valence-corrected chi connectivity index (χ3v) is 14.2. The average Bonchev–Trinajstić information content (AvgIpc) is 3.63. The average molecular weight is 879 g/mol. The number of rotatable bonds is 15. The van der Waals surface area contributed by atoms with E-state index in [0.29, 0.717) is 17.3 Å². The van der Waals surface area contributed by atoms with Crippen molar-refractivity contribution >= 4 is 61.6 Å². The number of sulfonamides is 1. The van der Waals surface area contributed by atoms with Crippen molar-refractivity contribution in [1.82, 2.24) is 24.0 Å². The molecule has 2 aliphatic rings. The lowest BCUT2D eigenvalue weighted by Crippen LogP contribution is -2.45. The highest BCUT2D eigenvalue weighted by Crippen LogP contribution is 2.32. The van der Waals surface area contributed by atoms with E-state index in [0.717, 1.165) is 97.5 Å². The quantitative estimate of drug-likeness (QED) is 0.0591. The van der Waals surface area contributed by atoms with Gasteiger partial charge in [0.15, 0.2) is 0 Å². The smallest absolute Gasteiger partial charge is 0.293 e. The van der Waals surface area contributed by atoms with Crippen molar-refractivity contribution < 1.29 is 18.1 Å². The molecule has 0 radical (unpaired) electrons. The Bertz CT molecular complexity index is 2640. The predicted octanol–water partition coefficient (Wildman–Crippen LogP) is 8.21. The Hall–Kier alpha value is -5.22. The summed E-state index contributed by atoms with van der Waals surface area (Å²) in [4.78, 5) is 33.1. The van der Waals surface area contributed by atoms with Crippen molar-refractivity contribution in [2.45, 2.75) is 41.9 Å². The molecule has 1 amide bonds. The number of carbonyl (C=O) groups excluding carboxylic acids is 1. The first-order valence-corrected chi connectivity index (χ1v) is 23.2. The molecule has 5 aromatic carbocycles. The molecule has 316 valence electrons. The third-order valence-electron chi connectivity index (χ3n) is 11.5. The van der Waals surface area contributed by atoms with Crippen molar-refractivity contribution in [3.8, 4) is 11.1 Å². The molecule has 2 aliphatic heterocycles. The summed E-state index contributed by atoms with van der Waals surface area (Å²) >= 11 is 7.81. The number of amides is 1. The number of likely N-dealkylation sites (N-methyl/N-ethyl adjacent to an activating group) is 1. The number of halogens is 1. The minimum atomic E-state index is -4.47. The first-order valence-electron chi connectivity index (χ1n) is 20.4. The molecule has 12 nitrogen and oxygen atoms in total. The van der Waals surface area contributed by atoms with Crippen LogP contribution >= 0.6 is 23.4 Å². The number of carbonyl (C=O) groups is 1. The molecular weight excluding hydrogens is 830 g/mol. The van der Waals surface area contributed by atoms with E-state index in [9.17, 15) is 23.3 Å². The van der Waals surface area contributed by atoms with E-state index in [1.54, 1.807) is 23.9 Å². The van der Waals surface area contributed by atoms with Gasteiger partial charge in [0.1, 0.15) is 5.69 Å². The van der Waals surface area contributed by atoms with Gasteiger partial charge in [-0.05, 0) is 90.8 Å². The normalized spacial score (nSPS) is 15.6. The summed E-state index contributed by atoms with van der Waals surface area (Å²) in [5.74, 6) is -0.170. The summed E-state index contributed by atoms with van der Waals surface area (Å²) in [6.07, 6.45) is 0.740. The molecule has 0 bridgehead atoms. The number of nitrogens with zero attached hydrogens (tertiary/aromatic N) is 5. The topological polar surface area (TPSA) is 133 Å². The van der Waals surface area contributed by atoms with Crippen LogP contribution in [0.5, 0.6) is 0 Å². The molecule has 1 atom stereocenters. The Labute approximate surface area is 365 Å². The minimum absolute atomic E-state index is 0.138. The number of hydrogen-bond donors (Lipinski definition) is 2. The van der Waals surface area contributed by atoms with Crippen LogP contribution in [0, 0.1) is 10.1 Å². The number of nitro groups is 1. The molecule has 6 aromatic rings. The Kier molecular flexibility index (Phi) is 13.1. The zero-order chi connectivity index (χ0) is 42.5. The van der Waals surface area contributed by atoms with Gasteiger partial charge in [-0.1, -0.05) is 66.2 Å². The maximum absolute atomic E-state index is 13.6. The largest absolute Gasteiger partial charge is 0.376 e. The number of hydrogen-bond acceptors (Lipinski definition) is 10. The number of piperazine rings is 1. The lowest BCUT2D eigenvalue weighted by Gasteiger charge is -2.33. The second-order valence-corrected chi connectivity index (χ2v) is 18.9. The molecule has 3 heterocycles. The van der Waals surface area contributed by atoms with E-state index in [4.69, 9.17) is 11.6 Å². The lowest BCUT2D eigenvalue weighted by molar-refractivity contribution is -0.384. The molecule has 2 N–H and O–H groups in total. The van der Waals surface area contributed by atoms with Crippen molar-refractivity contribution in [2.24, 2.45) is 0 Å². The van der Waals surface area contributed by atoms with Crippen LogP contribution in [0.3, 0.4) is 0 Å². The van der Waals surface area contributed by atoms with Crippen molar-refractivity contribution in [2.75, 3.05) is 57.4 Å². The summed E-state index contributed by atoms with van der Waals surface area (Å²) in [6, 6.07) is 37.0. The van der Waals surface area contributed by atoms with Gasteiger partial charge in [-0.15, -0.1) is 11.8 Å². The minimum Gasteiger partial charge on any atom is -0.376 e. The number of aromatic nitrogens is 1. The number of thioether (sulfide) groups is 1. The molecule has 1 fully saturated rings. The molecule has 0 spiro atoms. The number of fused-ring (bicyclic) bond motifs is 3. The van der Waals surface area contributed by atoms with Crippen LogP contribution in [0.2, 0.25) is 5.02 Å². The monoisotopic (exact) mass is 877 g/mol. The second kappa shape index (κ2) is 18.8. The maximum Gasteiger partial charge on any atom is 0.293 e. The maximum atomic E-state index is 13.6. The Morgan fingerprint density at radius 2 is 1.59 bits per heavy atom. The highest BCUT2D eigenvalue weighted by molar-refractivity contribution is 7.99. The fraction of sp³-hybridized carbons (Fsp3) is 0.283. The fourth-order valence-electron chi connectivity index (χ4n) is 8.09. The van der Waals surface area contributed by atoms with Gasteiger partial charge in [-0.3, -0.25) is 19.8 Å². The van der Waals surface area contributed by atoms with Crippen molar-refractivity contribution in [3.63, 3.8) is 0 Å². The molecule has 1 aromatic heterocycles. The molecule has 1 unspecified atom stereocenters. The SMILES string of the molecule is CN1CCN(CCC(CSc2ccccc2)Nc2ccc(S(=O)(=O)NC(=O)c3ccc4c(c3)cc3n4CCN(Cc4ccccc4-c4ccc(Cl)cc4)C3)cc2[N+](=O)[O-])CC1. The second-order valence-electron chi connectivity index (χ2n) is 15.7. The zero-order valence-electron chi connectivity index (χ0n) is 33.9. The zero-order valence-corrected chi connectivity index (χ0v) is 36.3. The summed E-state index contributed by atoms with van der Waals surface area (Å²) in [5.41, 5.74) is 5.54. The van der Waals surface area contributed by atoms with E-state index in [1.165, 1.54) is 17.7 Å². The molecule has 1 saturated heterocycles. The van der Waals surface area contributed by atoms with Crippen LogP contribution in [0.25, 0.3) is 22.0 Å². The summed E-state index contributed by atoms with van der Waals surface area (Å²) in [6.45, 7) is 7.75. The van der Waals surface area contributed by atoms with Crippen LogP contribution in [0.15, 0.2) is 131 Å². The van der Waals surface area contributed by atoms with E-state index < -0.39 is 20.9 Å². The summed E-state index contributed by atoms with van der Waals surface area (Å²) in [7, 11) is -2.36. The van der Waals surface area contributed by atoms with Gasteiger partial charge in [0.05, 0.1) is 9.82 Å². The van der Waals surface area contributed by atoms with Gasteiger partial charge in [0.2, 0.25) is 0 Å². The molecule has 8 rings (SSSR count). The van der Waals surface area contributed by atoms with E-state index in [-0.39, 0.29) is 27.9 Å². The molecule has 0 aliphatic carbocycles. The van der Waals surface area contributed by atoms with Crippen molar-refractivity contribution in [1.29, 1.82) is 0 Å².